The Morgan fingerprint density at radius 3 is 2.62 bits per heavy atom. The van der Waals surface area contributed by atoms with Gasteiger partial charge in [-0.05, 0) is 38.4 Å². The standard InChI is InChI=1S/C21H30N4O/c1-16-10-8-9-13-24(16)15-20(26)22-19-14-18(21(2,3)4)23-25(19)17-11-6-5-7-12-17/h5-7,11-12,14,16H,8-10,13,15H2,1-4H3,(H,22,26). The number of nitrogens with zero attached hydrogens (tertiary/aromatic N) is 3. The molecule has 3 rings (SSSR count). The number of anilines is 1. The summed E-state index contributed by atoms with van der Waals surface area (Å²) in [6, 6.07) is 12.4. The number of para-hydroxylation sites is 1. The van der Waals surface area contributed by atoms with Gasteiger partial charge < -0.3 is 5.32 Å². The average Bonchev–Trinajstić information content (AvgIpc) is 3.02. The molecule has 5 nitrogen and oxygen atoms in total. The van der Waals surface area contributed by atoms with Gasteiger partial charge in [-0.15, -0.1) is 0 Å². The van der Waals surface area contributed by atoms with E-state index in [1.165, 1.54) is 19.3 Å². The van der Waals surface area contributed by atoms with E-state index in [0.29, 0.717) is 12.6 Å². The van der Waals surface area contributed by atoms with Crippen molar-refractivity contribution in [2.45, 2.75) is 58.4 Å². The number of amides is 1. The summed E-state index contributed by atoms with van der Waals surface area (Å²) in [6.45, 7) is 10.0. The van der Waals surface area contributed by atoms with Crippen LogP contribution in [0, 0.1) is 0 Å². The van der Waals surface area contributed by atoms with Crippen LogP contribution in [0.2, 0.25) is 0 Å². The number of carbonyl (C=O) groups is 1. The van der Waals surface area contributed by atoms with Gasteiger partial charge in [-0.2, -0.15) is 5.10 Å². The zero-order chi connectivity index (χ0) is 18.7. The quantitative estimate of drug-likeness (QED) is 0.903. The monoisotopic (exact) mass is 354 g/mol. The molecular formula is C21H30N4O. The first-order valence-electron chi connectivity index (χ1n) is 9.54. The Labute approximate surface area is 156 Å². The second-order valence-electron chi connectivity index (χ2n) is 8.28. The molecule has 1 fully saturated rings. The first-order chi connectivity index (χ1) is 12.3. The van der Waals surface area contributed by atoms with Gasteiger partial charge in [-0.3, -0.25) is 9.69 Å². The maximum atomic E-state index is 12.7. The number of piperidine rings is 1. The SMILES string of the molecule is CC1CCCCN1CC(=O)Nc1cc(C(C)(C)C)nn1-c1ccccc1. The van der Waals surface area contributed by atoms with Gasteiger partial charge in [0.25, 0.3) is 0 Å². The fourth-order valence-corrected chi connectivity index (χ4v) is 3.36. The van der Waals surface area contributed by atoms with Crippen LogP contribution in [0.4, 0.5) is 5.82 Å². The van der Waals surface area contributed by atoms with E-state index in [4.69, 9.17) is 5.10 Å². The highest BCUT2D eigenvalue weighted by atomic mass is 16.2. The van der Waals surface area contributed by atoms with E-state index < -0.39 is 0 Å². The molecule has 0 spiro atoms. The van der Waals surface area contributed by atoms with Crippen LogP contribution in [-0.2, 0) is 10.2 Å². The van der Waals surface area contributed by atoms with E-state index in [1.807, 2.05) is 41.1 Å². The number of likely N-dealkylation sites (tertiary alicyclic amines) is 1. The molecule has 1 aliphatic rings. The molecule has 1 aromatic heterocycles. The summed E-state index contributed by atoms with van der Waals surface area (Å²) >= 11 is 0. The van der Waals surface area contributed by atoms with Crippen LogP contribution in [0.3, 0.4) is 0 Å². The van der Waals surface area contributed by atoms with Crippen molar-refractivity contribution in [3.8, 4) is 5.69 Å². The second-order valence-corrected chi connectivity index (χ2v) is 8.28. The lowest BCUT2D eigenvalue weighted by molar-refractivity contribution is -0.118. The summed E-state index contributed by atoms with van der Waals surface area (Å²) in [6.07, 6.45) is 3.60. The van der Waals surface area contributed by atoms with E-state index in [-0.39, 0.29) is 11.3 Å². The molecule has 1 amide bonds. The average molecular weight is 354 g/mol. The summed E-state index contributed by atoms with van der Waals surface area (Å²) in [5.74, 6) is 0.757. The van der Waals surface area contributed by atoms with E-state index in [9.17, 15) is 4.79 Å². The van der Waals surface area contributed by atoms with Crippen molar-refractivity contribution in [3.05, 3.63) is 42.1 Å². The fraction of sp³-hybridized carbons (Fsp3) is 0.524. The molecule has 1 saturated heterocycles. The Balaban J connectivity index is 1.81. The largest absolute Gasteiger partial charge is 0.309 e. The van der Waals surface area contributed by atoms with Crippen LogP contribution >= 0.6 is 0 Å². The third-order valence-corrected chi connectivity index (χ3v) is 5.03. The number of aromatic nitrogens is 2. The van der Waals surface area contributed by atoms with Gasteiger partial charge in [0.15, 0.2) is 0 Å². The minimum atomic E-state index is -0.0824. The summed E-state index contributed by atoms with van der Waals surface area (Å²) in [4.78, 5) is 14.9. The van der Waals surface area contributed by atoms with Gasteiger partial charge in [0.2, 0.25) is 5.91 Å². The number of nitrogens with one attached hydrogen (secondary N) is 1. The van der Waals surface area contributed by atoms with Gasteiger partial charge >= 0.3 is 0 Å². The first kappa shape index (κ1) is 18.6. The molecule has 26 heavy (non-hydrogen) atoms. The molecule has 0 aliphatic carbocycles. The normalized spacial score (nSPS) is 18.7. The van der Waals surface area contributed by atoms with Gasteiger partial charge in [-0.25, -0.2) is 4.68 Å². The number of benzene rings is 1. The molecule has 140 valence electrons. The lowest BCUT2D eigenvalue weighted by Crippen LogP contribution is -2.42. The summed E-state index contributed by atoms with van der Waals surface area (Å²) in [7, 11) is 0. The van der Waals surface area contributed by atoms with Crippen molar-refractivity contribution in [1.82, 2.24) is 14.7 Å². The van der Waals surface area contributed by atoms with E-state index in [1.54, 1.807) is 0 Å². The van der Waals surface area contributed by atoms with Crippen LogP contribution in [0.1, 0.15) is 52.7 Å². The smallest absolute Gasteiger partial charge is 0.239 e. The molecule has 0 bridgehead atoms. The Kier molecular flexibility index (Phi) is 5.47. The molecule has 0 radical (unpaired) electrons. The molecule has 1 aromatic carbocycles. The van der Waals surface area contributed by atoms with Crippen molar-refractivity contribution in [2.24, 2.45) is 0 Å². The van der Waals surface area contributed by atoms with Crippen molar-refractivity contribution in [1.29, 1.82) is 0 Å². The highest BCUT2D eigenvalue weighted by Crippen LogP contribution is 2.26. The Morgan fingerprint density at radius 2 is 1.96 bits per heavy atom. The van der Waals surface area contributed by atoms with Crippen LogP contribution < -0.4 is 5.32 Å². The zero-order valence-corrected chi connectivity index (χ0v) is 16.3. The highest BCUT2D eigenvalue weighted by molar-refractivity contribution is 5.91. The van der Waals surface area contributed by atoms with Crippen LogP contribution in [0.15, 0.2) is 36.4 Å². The molecule has 2 aromatic rings. The van der Waals surface area contributed by atoms with Crippen molar-refractivity contribution < 1.29 is 4.79 Å². The molecule has 1 N–H and O–H groups in total. The molecule has 1 atom stereocenters. The Hall–Kier alpha value is -2.14. The summed E-state index contributed by atoms with van der Waals surface area (Å²) in [5.41, 5.74) is 1.83. The molecule has 5 heteroatoms. The van der Waals surface area contributed by atoms with E-state index >= 15 is 0 Å². The van der Waals surface area contributed by atoms with Gasteiger partial charge in [0.05, 0.1) is 17.9 Å². The Bertz CT molecular complexity index is 745. The second kappa shape index (κ2) is 7.62. The number of rotatable bonds is 4. The predicted octanol–water partition coefficient (Wildman–Crippen LogP) is 3.98. The van der Waals surface area contributed by atoms with E-state index in [2.05, 4.69) is 37.9 Å². The van der Waals surface area contributed by atoms with Crippen molar-refractivity contribution >= 4 is 11.7 Å². The zero-order valence-electron chi connectivity index (χ0n) is 16.3. The number of carbonyl (C=O) groups excluding carboxylic acids is 1. The molecule has 1 unspecified atom stereocenters. The third-order valence-electron chi connectivity index (χ3n) is 5.03. The third kappa shape index (κ3) is 4.33. The summed E-state index contributed by atoms with van der Waals surface area (Å²) < 4.78 is 1.83. The lowest BCUT2D eigenvalue weighted by Gasteiger charge is -2.32. The predicted molar refractivity (Wildman–Crippen MR) is 106 cm³/mol. The van der Waals surface area contributed by atoms with Crippen LogP contribution in [0.25, 0.3) is 5.69 Å². The van der Waals surface area contributed by atoms with Crippen LogP contribution in [-0.4, -0.2) is 39.7 Å². The summed E-state index contributed by atoms with van der Waals surface area (Å²) in [5, 5.41) is 7.84. The molecule has 0 saturated carbocycles. The fourth-order valence-electron chi connectivity index (χ4n) is 3.36. The maximum absolute atomic E-state index is 12.7. The molecule has 1 aliphatic heterocycles. The number of hydrogen-bond acceptors (Lipinski definition) is 3. The maximum Gasteiger partial charge on any atom is 0.239 e. The first-order valence-corrected chi connectivity index (χ1v) is 9.54. The van der Waals surface area contributed by atoms with Crippen molar-refractivity contribution in [2.75, 3.05) is 18.4 Å². The van der Waals surface area contributed by atoms with E-state index in [0.717, 1.165) is 23.7 Å². The Morgan fingerprint density at radius 1 is 1.23 bits per heavy atom. The molecule has 2 heterocycles. The minimum absolute atomic E-state index is 0.0243. The minimum Gasteiger partial charge on any atom is -0.309 e. The lowest BCUT2D eigenvalue weighted by atomic mass is 9.92. The topological polar surface area (TPSA) is 50.2 Å². The highest BCUT2D eigenvalue weighted by Gasteiger charge is 2.24. The van der Waals surface area contributed by atoms with Crippen LogP contribution in [0.5, 0.6) is 0 Å². The van der Waals surface area contributed by atoms with Crippen molar-refractivity contribution in [3.63, 3.8) is 0 Å². The number of hydrogen-bond donors (Lipinski definition) is 1. The van der Waals surface area contributed by atoms with Gasteiger partial charge in [-0.1, -0.05) is 45.4 Å². The van der Waals surface area contributed by atoms with Gasteiger partial charge in [0.1, 0.15) is 5.82 Å². The molecular weight excluding hydrogens is 324 g/mol. The van der Waals surface area contributed by atoms with Gasteiger partial charge in [0, 0.05) is 17.5 Å².